The molecule has 3 rings (SSSR count). The van der Waals surface area contributed by atoms with Gasteiger partial charge >= 0.3 is 0 Å². The minimum Gasteiger partial charge on any atom is -0.373 e. The van der Waals surface area contributed by atoms with E-state index >= 15 is 0 Å². The van der Waals surface area contributed by atoms with Crippen molar-refractivity contribution in [2.24, 2.45) is 0 Å². The molecule has 2 atom stereocenters. The average molecular weight is 293 g/mol. The Bertz CT molecular complexity index is 669. The quantitative estimate of drug-likeness (QED) is 0.845. The topological polar surface area (TPSA) is 46.8 Å². The standard InChI is InChI=1S/C14H19N3O2S/c1-9-8-20-14-15-12(4-13(18)17(9)14)7-16-5-10(2)19-11(3)6-16/h4,8,10-11H,5-7H2,1-3H3/t10-,11-/m0/s1. The van der Waals surface area contributed by atoms with Crippen LogP contribution in [0.1, 0.15) is 25.2 Å². The Labute approximate surface area is 121 Å². The van der Waals surface area contributed by atoms with Crippen LogP contribution >= 0.6 is 11.3 Å². The van der Waals surface area contributed by atoms with Crippen LogP contribution in [0.2, 0.25) is 0 Å². The molecule has 0 unspecified atom stereocenters. The molecule has 1 fully saturated rings. The van der Waals surface area contributed by atoms with Gasteiger partial charge in [0.15, 0.2) is 4.96 Å². The minimum atomic E-state index is 0.0121. The molecule has 2 aromatic rings. The molecule has 0 bridgehead atoms. The number of ether oxygens (including phenoxy) is 1. The average Bonchev–Trinajstić information content (AvgIpc) is 2.69. The lowest BCUT2D eigenvalue weighted by atomic mass is 10.2. The van der Waals surface area contributed by atoms with Crippen LogP contribution in [-0.2, 0) is 11.3 Å². The highest BCUT2D eigenvalue weighted by atomic mass is 32.1. The Hall–Kier alpha value is -1.24. The van der Waals surface area contributed by atoms with Crippen molar-refractivity contribution < 1.29 is 4.74 Å². The van der Waals surface area contributed by atoms with Crippen LogP contribution < -0.4 is 5.56 Å². The predicted octanol–water partition coefficient (Wildman–Crippen LogP) is 1.67. The molecule has 0 aliphatic carbocycles. The summed E-state index contributed by atoms with van der Waals surface area (Å²) in [6, 6.07) is 1.65. The van der Waals surface area contributed by atoms with Gasteiger partial charge in [-0.2, -0.15) is 0 Å². The Kier molecular flexibility index (Phi) is 3.62. The summed E-state index contributed by atoms with van der Waals surface area (Å²) >= 11 is 1.51. The molecule has 1 saturated heterocycles. The number of fused-ring (bicyclic) bond motifs is 1. The number of thiazole rings is 1. The fourth-order valence-electron chi connectivity index (χ4n) is 2.82. The van der Waals surface area contributed by atoms with E-state index in [-0.39, 0.29) is 17.8 Å². The summed E-state index contributed by atoms with van der Waals surface area (Å²) in [5.41, 5.74) is 1.80. The first kappa shape index (κ1) is 13.7. The molecule has 6 heteroatoms. The monoisotopic (exact) mass is 293 g/mol. The summed E-state index contributed by atoms with van der Waals surface area (Å²) in [6.45, 7) is 8.57. The molecular weight excluding hydrogens is 274 g/mol. The molecule has 0 spiro atoms. The first-order valence-electron chi connectivity index (χ1n) is 6.87. The predicted molar refractivity (Wildman–Crippen MR) is 79.4 cm³/mol. The van der Waals surface area contributed by atoms with E-state index in [4.69, 9.17) is 4.74 Å². The molecule has 2 aromatic heterocycles. The third-order valence-corrected chi connectivity index (χ3v) is 4.45. The van der Waals surface area contributed by atoms with Crippen molar-refractivity contribution >= 4 is 16.3 Å². The summed E-state index contributed by atoms with van der Waals surface area (Å²) < 4.78 is 7.39. The minimum absolute atomic E-state index is 0.0121. The zero-order valence-electron chi connectivity index (χ0n) is 12.0. The molecule has 20 heavy (non-hydrogen) atoms. The van der Waals surface area contributed by atoms with Crippen LogP contribution in [-0.4, -0.2) is 39.6 Å². The molecule has 5 nitrogen and oxygen atoms in total. The molecular formula is C14H19N3O2S. The fourth-order valence-corrected chi connectivity index (χ4v) is 3.72. The molecule has 0 radical (unpaired) electrons. The van der Waals surface area contributed by atoms with Crippen molar-refractivity contribution in [1.29, 1.82) is 0 Å². The first-order valence-corrected chi connectivity index (χ1v) is 7.75. The van der Waals surface area contributed by atoms with Gasteiger partial charge in [0, 0.05) is 36.8 Å². The number of aromatic nitrogens is 2. The zero-order valence-corrected chi connectivity index (χ0v) is 12.8. The molecule has 1 aliphatic rings. The second-order valence-electron chi connectivity index (χ2n) is 5.53. The second-order valence-corrected chi connectivity index (χ2v) is 6.37. The molecule has 0 N–H and O–H groups in total. The first-order chi connectivity index (χ1) is 9.52. The smallest absolute Gasteiger partial charge is 0.259 e. The number of morpholine rings is 1. The number of nitrogens with zero attached hydrogens (tertiary/aromatic N) is 3. The van der Waals surface area contributed by atoms with Crippen LogP contribution in [0.5, 0.6) is 0 Å². The summed E-state index contributed by atoms with van der Waals surface area (Å²) in [5, 5.41) is 1.96. The third-order valence-electron chi connectivity index (χ3n) is 3.51. The maximum Gasteiger partial charge on any atom is 0.259 e. The Morgan fingerprint density at radius 1 is 1.40 bits per heavy atom. The molecule has 1 aliphatic heterocycles. The lowest BCUT2D eigenvalue weighted by Crippen LogP contribution is -2.45. The van der Waals surface area contributed by atoms with Crippen LogP contribution in [0.4, 0.5) is 0 Å². The molecule has 0 aromatic carbocycles. The van der Waals surface area contributed by atoms with Crippen molar-refractivity contribution in [1.82, 2.24) is 14.3 Å². The maximum absolute atomic E-state index is 12.1. The van der Waals surface area contributed by atoms with Crippen LogP contribution in [0, 0.1) is 6.92 Å². The van der Waals surface area contributed by atoms with Crippen molar-refractivity contribution in [3.8, 4) is 0 Å². The highest BCUT2D eigenvalue weighted by Gasteiger charge is 2.22. The van der Waals surface area contributed by atoms with Crippen molar-refractivity contribution in [2.75, 3.05) is 13.1 Å². The van der Waals surface area contributed by atoms with Gasteiger partial charge in [-0.15, -0.1) is 11.3 Å². The second kappa shape index (κ2) is 5.27. The normalized spacial score (nSPS) is 24.4. The molecule has 0 amide bonds. The molecule has 108 valence electrons. The van der Waals surface area contributed by atoms with E-state index in [2.05, 4.69) is 23.7 Å². The van der Waals surface area contributed by atoms with Gasteiger partial charge in [-0.05, 0) is 20.8 Å². The van der Waals surface area contributed by atoms with Gasteiger partial charge in [0.1, 0.15) is 0 Å². The van der Waals surface area contributed by atoms with E-state index in [1.807, 2.05) is 12.3 Å². The van der Waals surface area contributed by atoms with E-state index in [1.54, 1.807) is 10.5 Å². The summed E-state index contributed by atoms with van der Waals surface area (Å²) in [4.78, 5) is 19.8. The van der Waals surface area contributed by atoms with E-state index in [9.17, 15) is 4.79 Å². The number of hydrogen-bond acceptors (Lipinski definition) is 5. The van der Waals surface area contributed by atoms with Gasteiger partial charge in [-0.25, -0.2) is 4.98 Å². The van der Waals surface area contributed by atoms with Gasteiger partial charge in [0.2, 0.25) is 0 Å². The van der Waals surface area contributed by atoms with Gasteiger partial charge in [0.05, 0.1) is 17.9 Å². The van der Waals surface area contributed by atoms with Crippen LogP contribution in [0.25, 0.3) is 4.96 Å². The van der Waals surface area contributed by atoms with Crippen molar-refractivity contribution in [3.05, 3.63) is 33.2 Å². The Morgan fingerprint density at radius 3 is 2.80 bits per heavy atom. The van der Waals surface area contributed by atoms with E-state index in [1.165, 1.54) is 11.3 Å². The summed E-state index contributed by atoms with van der Waals surface area (Å²) in [5.74, 6) is 0. The third kappa shape index (κ3) is 2.63. The van der Waals surface area contributed by atoms with Crippen LogP contribution in [0.15, 0.2) is 16.2 Å². The summed E-state index contributed by atoms with van der Waals surface area (Å²) in [7, 11) is 0. The lowest BCUT2D eigenvalue weighted by molar-refractivity contribution is -0.0707. The SMILES string of the molecule is Cc1csc2nc(CN3C[C@H](C)O[C@@H](C)C3)cc(=O)n12. The van der Waals surface area contributed by atoms with Gasteiger partial charge < -0.3 is 4.74 Å². The van der Waals surface area contributed by atoms with Gasteiger partial charge in [0.25, 0.3) is 5.56 Å². The summed E-state index contributed by atoms with van der Waals surface area (Å²) in [6.07, 6.45) is 0.458. The number of hydrogen-bond donors (Lipinski definition) is 0. The molecule has 3 heterocycles. The van der Waals surface area contributed by atoms with E-state index < -0.39 is 0 Å². The maximum atomic E-state index is 12.1. The lowest BCUT2D eigenvalue weighted by Gasteiger charge is -2.34. The van der Waals surface area contributed by atoms with Crippen molar-refractivity contribution in [2.45, 2.75) is 39.5 Å². The van der Waals surface area contributed by atoms with E-state index in [0.29, 0.717) is 6.54 Å². The zero-order chi connectivity index (χ0) is 14.3. The van der Waals surface area contributed by atoms with Crippen molar-refractivity contribution in [3.63, 3.8) is 0 Å². The largest absolute Gasteiger partial charge is 0.373 e. The van der Waals surface area contributed by atoms with E-state index in [0.717, 1.165) is 29.4 Å². The highest BCUT2D eigenvalue weighted by Crippen LogP contribution is 2.15. The number of aryl methyl sites for hydroxylation is 1. The Balaban J connectivity index is 1.86. The highest BCUT2D eigenvalue weighted by molar-refractivity contribution is 7.15. The van der Waals surface area contributed by atoms with Crippen LogP contribution in [0.3, 0.4) is 0 Å². The Morgan fingerprint density at radius 2 is 2.10 bits per heavy atom. The molecule has 0 saturated carbocycles. The number of rotatable bonds is 2. The van der Waals surface area contributed by atoms with Gasteiger partial charge in [-0.3, -0.25) is 14.1 Å². The van der Waals surface area contributed by atoms with Gasteiger partial charge in [-0.1, -0.05) is 0 Å². The fraction of sp³-hybridized carbons (Fsp3) is 0.571.